The highest BCUT2D eigenvalue weighted by Crippen LogP contribution is 2.32. The van der Waals surface area contributed by atoms with Gasteiger partial charge in [0.1, 0.15) is 28.9 Å². The number of nitrogens with zero attached hydrogens (tertiary/aromatic N) is 7. The molecule has 1 aromatic carbocycles. The monoisotopic (exact) mass is 475 g/mol. The predicted octanol–water partition coefficient (Wildman–Crippen LogP) is 3.26. The van der Waals surface area contributed by atoms with Crippen LogP contribution in [0.25, 0.3) is 22.7 Å². The van der Waals surface area contributed by atoms with E-state index in [9.17, 15) is 0 Å². The third-order valence-electron chi connectivity index (χ3n) is 6.97. The number of hydrogen-bond acceptors (Lipinski definition) is 8. The summed E-state index contributed by atoms with van der Waals surface area (Å²) in [5.74, 6) is 1.31. The summed E-state index contributed by atoms with van der Waals surface area (Å²) in [6.07, 6.45) is 4.01. The molecular formula is C25H26FN7O2. The molecule has 6 heterocycles. The second kappa shape index (κ2) is 8.84. The zero-order valence-corrected chi connectivity index (χ0v) is 19.7. The van der Waals surface area contributed by atoms with E-state index in [0.29, 0.717) is 45.6 Å². The van der Waals surface area contributed by atoms with Crippen LogP contribution in [0.1, 0.15) is 24.1 Å². The number of piperidine rings is 3. The van der Waals surface area contributed by atoms with Crippen LogP contribution in [0.2, 0.25) is 0 Å². The molecule has 1 unspecified atom stereocenters. The van der Waals surface area contributed by atoms with E-state index in [1.807, 2.05) is 23.6 Å². The van der Waals surface area contributed by atoms with Crippen LogP contribution in [0.5, 0.6) is 11.8 Å². The Hall–Kier alpha value is -3.66. The summed E-state index contributed by atoms with van der Waals surface area (Å²) in [6, 6.07) is 8.91. The highest BCUT2D eigenvalue weighted by molar-refractivity contribution is 5.78. The minimum Gasteiger partial charge on any atom is -0.489 e. The Kier molecular flexibility index (Phi) is 5.52. The first-order valence-corrected chi connectivity index (χ1v) is 11.8. The summed E-state index contributed by atoms with van der Waals surface area (Å²) in [6.45, 7) is 5.23. The largest absolute Gasteiger partial charge is 0.489 e. The third-order valence-corrected chi connectivity index (χ3v) is 6.97. The lowest BCUT2D eigenvalue weighted by Gasteiger charge is -2.44. The van der Waals surface area contributed by atoms with E-state index in [1.54, 1.807) is 18.3 Å². The van der Waals surface area contributed by atoms with Crippen LogP contribution in [0, 0.1) is 18.7 Å². The molecule has 3 aliphatic rings. The van der Waals surface area contributed by atoms with Gasteiger partial charge >= 0.3 is 6.01 Å². The summed E-state index contributed by atoms with van der Waals surface area (Å²) in [5.41, 5.74) is 2.87. The summed E-state index contributed by atoms with van der Waals surface area (Å²) in [7, 11) is 1.51. The van der Waals surface area contributed by atoms with E-state index in [2.05, 4.69) is 25.1 Å². The van der Waals surface area contributed by atoms with Crippen LogP contribution >= 0.6 is 0 Å². The number of fused-ring (bicyclic) bond motifs is 4. The van der Waals surface area contributed by atoms with Gasteiger partial charge in [-0.05, 0) is 57.0 Å². The van der Waals surface area contributed by atoms with E-state index in [-0.39, 0.29) is 24.5 Å². The van der Waals surface area contributed by atoms with Gasteiger partial charge in [0, 0.05) is 24.4 Å². The fourth-order valence-corrected chi connectivity index (χ4v) is 5.09. The molecule has 35 heavy (non-hydrogen) atoms. The van der Waals surface area contributed by atoms with E-state index in [0.717, 1.165) is 32.5 Å². The molecule has 9 nitrogen and oxygen atoms in total. The van der Waals surface area contributed by atoms with Gasteiger partial charge in [-0.25, -0.2) is 9.37 Å². The molecule has 0 amide bonds. The van der Waals surface area contributed by atoms with Crippen molar-refractivity contribution in [3.63, 3.8) is 0 Å². The first-order valence-electron chi connectivity index (χ1n) is 11.8. The minimum absolute atomic E-state index is 0.121. The van der Waals surface area contributed by atoms with Gasteiger partial charge in [-0.3, -0.25) is 4.90 Å². The lowest BCUT2D eigenvalue weighted by molar-refractivity contribution is -0.00789. The van der Waals surface area contributed by atoms with Crippen LogP contribution in [-0.2, 0) is 6.54 Å². The van der Waals surface area contributed by atoms with Gasteiger partial charge in [0.2, 0.25) is 0 Å². The molecule has 0 aliphatic carbocycles. The topological polar surface area (TPSA) is 91.1 Å². The lowest BCUT2D eigenvalue weighted by Crippen LogP contribution is -2.52. The van der Waals surface area contributed by atoms with Crippen molar-refractivity contribution in [2.75, 3.05) is 26.7 Å². The van der Waals surface area contributed by atoms with Crippen molar-refractivity contribution in [2.24, 2.45) is 5.92 Å². The summed E-state index contributed by atoms with van der Waals surface area (Å²) < 4.78 is 28.6. The normalized spacial score (nSPS) is 21.4. The maximum atomic E-state index is 15.3. The number of aromatic nitrogens is 6. The van der Waals surface area contributed by atoms with Gasteiger partial charge in [0.25, 0.3) is 0 Å². The Balaban J connectivity index is 1.35. The van der Waals surface area contributed by atoms with Crippen molar-refractivity contribution < 1.29 is 13.9 Å². The van der Waals surface area contributed by atoms with Crippen LogP contribution in [0.15, 0.2) is 36.5 Å². The van der Waals surface area contributed by atoms with Gasteiger partial charge in [-0.15, -0.1) is 5.10 Å². The molecule has 3 fully saturated rings. The van der Waals surface area contributed by atoms with Crippen LogP contribution in [-0.4, -0.2) is 67.5 Å². The van der Waals surface area contributed by atoms with Crippen molar-refractivity contribution in [2.45, 2.75) is 32.4 Å². The summed E-state index contributed by atoms with van der Waals surface area (Å²) in [4.78, 5) is 16.0. The number of aryl methyl sites for hydroxylation is 1. The van der Waals surface area contributed by atoms with Gasteiger partial charge in [0.15, 0.2) is 11.5 Å². The molecular weight excluding hydrogens is 449 g/mol. The molecule has 2 bridgehead atoms. The minimum atomic E-state index is -0.339. The zero-order chi connectivity index (χ0) is 23.9. The molecule has 10 heteroatoms. The second-order valence-electron chi connectivity index (χ2n) is 9.15. The Labute approximate surface area is 202 Å². The number of halogens is 1. The van der Waals surface area contributed by atoms with Crippen molar-refractivity contribution in [3.8, 4) is 23.3 Å². The quantitative estimate of drug-likeness (QED) is 0.420. The van der Waals surface area contributed by atoms with Gasteiger partial charge < -0.3 is 14.0 Å². The highest BCUT2D eigenvalue weighted by atomic mass is 19.1. The second-order valence-corrected chi connectivity index (χ2v) is 9.15. The highest BCUT2D eigenvalue weighted by Gasteiger charge is 2.35. The van der Waals surface area contributed by atoms with E-state index < -0.39 is 0 Å². The Morgan fingerprint density at radius 2 is 1.97 bits per heavy atom. The fourth-order valence-electron chi connectivity index (χ4n) is 5.09. The average Bonchev–Trinajstić information content (AvgIpc) is 3.25. The summed E-state index contributed by atoms with van der Waals surface area (Å²) >= 11 is 0. The first-order chi connectivity index (χ1) is 17.1. The summed E-state index contributed by atoms with van der Waals surface area (Å²) in [5, 5.41) is 8.19. The molecule has 7 rings (SSSR count). The van der Waals surface area contributed by atoms with Crippen molar-refractivity contribution in [1.82, 2.24) is 34.6 Å². The van der Waals surface area contributed by atoms with E-state index >= 15 is 4.39 Å². The van der Waals surface area contributed by atoms with E-state index in [1.165, 1.54) is 13.2 Å². The molecule has 3 aromatic heterocycles. The smallest absolute Gasteiger partial charge is 0.318 e. The Bertz CT molecular complexity index is 1370. The number of hydrogen-bond donors (Lipinski definition) is 0. The Morgan fingerprint density at radius 3 is 2.66 bits per heavy atom. The number of rotatable bonds is 6. The zero-order valence-electron chi connectivity index (χ0n) is 19.7. The van der Waals surface area contributed by atoms with E-state index in [4.69, 9.17) is 14.5 Å². The first kappa shape index (κ1) is 21.8. The molecule has 0 N–H and O–H groups in total. The molecule has 1 atom stereocenters. The molecule has 0 radical (unpaired) electrons. The fraction of sp³-hybridized carbons (Fsp3) is 0.400. The van der Waals surface area contributed by atoms with Crippen molar-refractivity contribution in [3.05, 3.63) is 53.6 Å². The number of imidazole rings is 1. The molecule has 3 aliphatic heterocycles. The number of ether oxygens (including phenoxy) is 2. The predicted molar refractivity (Wildman–Crippen MR) is 127 cm³/mol. The van der Waals surface area contributed by atoms with Gasteiger partial charge in [-0.1, -0.05) is 6.07 Å². The molecule has 180 valence electrons. The lowest BCUT2D eigenvalue weighted by atomic mass is 9.86. The van der Waals surface area contributed by atoms with Crippen molar-refractivity contribution >= 4 is 11.2 Å². The van der Waals surface area contributed by atoms with Crippen LogP contribution in [0.4, 0.5) is 4.39 Å². The van der Waals surface area contributed by atoms with Crippen molar-refractivity contribution in [1.29, 1.82) is 0 Å². The average molecular weight is 476 g/mol. The van der Waals surface area contributed by atoms with Gasteiger partial charge in [0.05, 0.1) is 19.3 Å². The van der Waals surface area contributed by atoms with Crippen LogP contribution < -0.4 is 9.47 Å². The molecule has 0 spiro atoms. The molecule has 0 saturated carbocycles. The Morgan fingerprint density at radius 1 is 1.11 bits per heavy atom. The maximum absolute atomic E-state index is 15.3. The molecule has 3 saturated heterocycles. The number of benzene rings is 1. The van der Waals surface area contributed by atoms with Gasteiger partial charge in [-0.2, -0.15) is 15.1 Å². The standard InChI is InChI=1S/C25H26FN7O2/c1-15-22-24(30-25(28-15)34-2)33(23(29-22)20-4-3-9-27-31-20)13-17-5-6-18(12-19(17)26)35-21-14-32-10-7-16(21)8-11-32/h3-6,9,12,16,21H,7-8,10-11,13-14H2,1-2H3. The SMILES string of the molecule is COc1nc(C)c2nc(-c3cccnn3)n(Cc3ccc(OC4CN5CCC4CC5)cc3F)c2n1. The maximum Gasteiger partial charge on any atom is 0.318 e. The van der Waals surface area contributed by atoms with Crippen LogP contribution in [0.3, 0.4) is 0 Å². The molecule has 4 aromatic rings. The third kappa shape index (κ3) is 4.07. The number of methoxy groups -OCH3 is 1.